The maximum atomic E-state index is 13.2. The van der Waals surface area contributed by atoms with Crippen LogP contribution in [0.2, 0.25) is 0 Å². The van der Waals surface area contributed by atoms with E-state index in [2.05, 4.69) is 16.1 Å². The van der Waals surface area contributed by atoms with Crippen molar-refractivity contribution in [3.8, 4) is 0 Å². The van der Waals surface area contributed by atoms with Crippen LogP contribution in [-0.2, 0) is 19.4 Å². The Morgan fingerprint density at radius 3 is 2.39 bits per heavy atom. The van der Waals surface area contributed by atoms with Crippen molar-refractivity contribution < 1.29 is 18.0 Å². The molecule has 2 heterocycles. The number of amides is 2. The van der Waals surface area contributed by atoms with Crippen LogP contribution in [-0.4, -0.2) is 43.7 Å². The van der Waals surface area contributed by atoms with E-state index in [1.165, 1.54) is 17.1 Å². The number of benzene rings is 2. The van der Waals surface area contributed by atoms with E-state index in [0.29, 0.717) is 5.70 Å². The lowest BCUT2D eigenvalue weighted by Gasteiger charge is -2.34. The second kappa shape index (κ2) is 7.82. The molecule has 0 bridgehead atoms. The van der Waals surface area contributed by atoms with Gasteiger partial charge in [0.05, 0.1) is 10.6 Å². The van der Waals surface area contributed by atoms with Gasteiger partial charge in [-0.1, -0.05) is 42.5 Å². The smallest absolute Gasteiger partial charge is 0.277 e. The highest BCUT2D eigenvalue weighted by atomic mass is 32.2. The number of fused-ring (bicyclic) bond motifs is 1. The van der Waals surface area contributed by atoms with Gasteiger partial charge in [0.25, 0.3) is 11.8 Å². The molecule has 0 aromatic heterocycles. The molecule has 2 aliphatic rings. The third-order valence-corrected chi connectivity index (χ3v) is 6.77. The summed E-state index contributed by atoms with van der Waals surface area (Å²) in [5.41, 5.74) is 4.77. The molecule has 0 saturated carbocycles. The average molecular weight is 441 g/mol. The van der Waals surface area contributed by atoms with Crippen LogP contribution in [0.1, 0.15) is 25.3 Å². The second-order valence-electron chi connectivity index (χ2n) is 7.84. The fraction of sp³-hybridized carbons (Fsp3) is 0.273. The first kappa shape index (κ1) is 21.1. The van der Waals surface area contributed by atoms with E-state index < -0.39 is 21.7 Å². The first-order valence-electron chi connectivity index (χ1n) is 9.91. The molecule has 2 aromatic rings. The molecular weight excluding hydrogens is 416 g/mol. The Morgan fingerprint density at radius 1 is 1.06 bits per heavy atom. The number of nitrogens with one attached hydrogen (secondary N) is 3. The van der Waals surface area contributed by atoms with Crippen LogP contribution in [0.5, 0.6) is 0 Å². The van der Waals surface area contributed by atoms with E-state index in [9.17, 15) is 18.0 Å². The Balaban J connectivity index is 1.64. The van der Waals surface area contributed by atoms with Gasteiger partial charge in [0.2, 0.25) is 0 Å². The zero-order valence-corrected chi connectivity index (χ0v) is 18.2. The molecule has 1 fully saturated rings. The number of allylic oxidation sites excluding steroid dienone is 1. The van der Waals surface area contributed by atoms with Gasteiger partial charge in [-0.2, -0.15) is 0 Å². The van der Waals surface area contributed by atoms with Gasteiger partial charge in [0.15, 0.2) is 9.84 Å². The lowest BCUT2D eigenvalue weighted by Crippen LogP contribution is -2.55. The molecule has 4 rings (SSSR count). The minimum atomic E-state index is -3.55. The zero-order valence-electron chi connectivity index (χ0n) is 17.4. The topological polar surface area (TPSA) is 108 Å². The molecule has 9 heteroatoms. The normalized spacial score (nSPS) is 23.4. The predicted octanol–water partition coefficient (Wildman–Crippen LogP) is 1.75. The highest BCUT2D eigenvalue weighted by Gasteiger charge is 2.47. The van der Waals surface area contributed by atoms with Gasteiger partial charge in [0.1, 0.15) is 11.7 Å². The SMILES string of the molecule is CC1=C(C(=O)Nc2ccccc2S(C)(=O)=O)C(=O)N2NC(C)C(c3ccccc3)C2N1. The Kier molecular flexibility index (Phi) is 5.32. The third kappa shape index (κ3) is 3.82. The van der Waals surface area contributed by atoms with E-state index in [0.717, 1.165) is 11.8 Å². The lowest BCUT2D eigenvalue weighted by atomic mass is 9.90. The van der Waals surface area contributed by atoms with Crippen molar-refractivity contribution in [2.45, 2.75) is 36.9 Å². The molecule has 2 amide bonds. The molecule has 3 N–H and O–H groups in total. The highest BCUT2D eigenvalue weighted by Crippen LogP contribution is 2.34. The predicted molar refractivity (Wildman–Crippen MR) is 116 cm³/mol. The standard InChI is InChI=1S/C22H24N4O4S/c1-13-19(21(27)24-16-11-7-8-12-17(16)31(3,29)30)22(28)26-20(23-13)18(14(2)25-26)15-9-5-4-6-10-15/h4-12,14,18,20,23,25H,1-3H3,(H,24,27). The van der Waals surface area contributed by atoms with E-state index >= 15 is 0 Å². The number of para-hydroxylation sites is 1. The minimum Gasteiger partial charge on any atom is -0.366 e. The monoisotopic (exact) mass is 440 g/mol. The van der Waals surface area contributed by atoms with Crippen LogP contribution in [0.25, 0.3) is 0 Å². The fourth-order valence-electron chi connectivity index (χ4n) is 4.22. The quantitative estimate of drug-likeness (QED) is 0.626. The van der Waals surface area contributed by atoms with Gasteiger partial charge in [-0.3, -0.25) is 14.6 Å². The van der Waals surface area contributed by atoms with Crippen LogP contribution in [0.15, 0.2) is 70.8 Å². The largest absolute Gasteiger partial charge is 0.366 e. The van der Waals surface area contributed by atoms with Gasteiger partial charge in [-0.05, 0) is 31.5 Å². The van der Waals surface area contributed by atoms with Gasteiger partial charge in [-0.25, -0.2) is 13.8 Å². The molecule has 2 aliphatic heterocycles. The Hall–Kier alpha value is -3.17. The van der Waals surface area contributed by atoms with Crippen LogP contribution >= 0.6 is 0 Å². The Bertz CT molecular complexity index is 1180. The molecule has 31 heavy (non-hydrogen) atoms. The van der Waals surface area contributed by atoms with E-state index in [-0.39, 0.29) is 34.3 Å². The van der Waals surface area contributed by atoms with Crippen molar-refractivity contribution in [3.63, 3.8) is 0 Å². The molecule has 0 radical (unpaired) electrons. The number of hydrogen-bond donors (Lipinski definition) is 3. The Labute approximate surface area is 181 Å². The maximum Gasteiger partial charge on any atom is 0.277 e. The summed E-state index contributed by atoms with van der Waals surface area (Å²) < 4.78 is 24.1. The van der Waals surface area contributed by atoms with Crippen molar-refractivity contribution in [1.29, 1.82) is 0 Å². The van der Waals surface area contributed by atoms with Crippen LogP contribution in [0, 0.1) is 0 Å². The summed E-state index contributed by atoms with van der Waals surface area (Å²) in [6.45, 7) is 3.67. The number of carbonyl (C=O) groups excluding carboxylic acids is 2. The number of anilines is 1. The average Bonchev–Trinajstić information content (AvgIpc) is 3.04. The molecule has 3 unspecified atom stereocenters. The summed E-state index contributed by atoms with van der Waals surface area (Å²) in [6.07, 6.45) is 0.726. The molecule has 162 valence electrons. The highest BCUT2D eigenvalue weighted by molar-refractivity contribution is 7.90. The van der Waals surface area contributed by atoms with Crippen LogP contribution in [0.3, 0.4) is 0 Å². The molecule has 0 spiro atoms. The minimum absolute atomic E-state index is 0.00401. The molecule has 3 atom stereocenters. The van der Waals surface area contributed by atoms with Crippen molar-refractivity contribution in [2.75, 3.05) is 11.6 Å². The summed E-state index contributed by atoms with van der Waals surface area (Å²) in [4.78, 5) is 26.2. The summed E-state index contributed by atoms with van der Waals surface area (Å²) in [5, 5.41) is 7.33. The van der Waals surface area contributed by atoms with Gasteiger partial charge < -0.3 is 10.6 Å². The summed E-state index contributed by atoms with van der Waals surface area (Å²) in [6, 6.07) is 16.0. The van der Waals surface area contributed by atoms with Crippen molar-refractivity contribution in [3.05, 3.63) is 71.4 Å². The molecule has 0 aliphatic carbocycles. The number of carbonyl (C=O) groups is 2. The van der Waals surface area contributed by atoms with Crippen molar-refractivity contribution >= 4 is 27.3 Å². The number of rotatable bonds is 4. The molecular formula is C22H24N4O4S. The van der Waals surface area contributed by atoms with E-state index in [4.69, 9.17) is 0 Å². The van der Waals surface area contributed by atoms with E-state index in [1.54, 1.807) is 19.1 Å². The second-order valence-corrected chi connectivity index (χ2v) is 9.83. The van der Waals surface area contributed by atoms with Crippen molar-refractivity contribution in [2.24, 2.45) is 0 Å². The summed E-state index contributed by atoms with van der Waals surface area (Å²) >= 11 is 0. The van der Waals surface area contributed by atoms with Crippen molar-refractivity contribution in [1.82, 2.24) is 15.8 Å². The summed E-state index contributed by atoms with van der Waals surface area (Å²) in [5.74, 6) is -1.13. The van der Waals surface area contributed by atoms with Gasteiger partial charge >= 0.3 is 0 Å². The molecule has 1 saturated heterocycles. The third-order valence-electron chi connectivity index (χ3n) is 5.62. The Morgan fingerprint density at radius 2 is 1.71 bits per heavy atom. The zero-order chi connectivity index (χ0) is 22.3. The number of sulfone groups is 1. The van der Waals surface area contributed by atoms with E-state index in [1.807, 2.05) is 37.3 Å². The number of hydrazine groups is 1. The first-order valence-corrected chi connectivity index (χ1v) is 11.8. The van der Waals surface area contributed by atoms with Gasteiger partial charge in [0, 0.05) is 23.9 Å². The number of hydrogen-bond acceptors (Lipinski definition) is 6. The van der Waals surface area contributed by atoms with Crippen LogP contribution in [0.4, 0.5) is 5.69 Å². The number of nitrogens with zero attached hydrogens (tertiary/aromatic N) is 1. The summed E-state index contributed by atoms with van der Waals surface area (Å²) in [7, 11) is -3.55. The first-order chi connectivity index (χ1) is 14.7. The van der Waals surface area contributed by atoms with Gasteiger partial charge in [-0.15, -0.1) is 0 Å². The fourth-order valence-corrected chi connectivity index (χ4v) is 5.06. The maximum absolute atomic E-state index is 13.2. The molecule has 2 aromatic carbocycles. The van der Waals surface area contributed by atoms with Crippen LogP contribution < -0.4 is 16.1 Å². The lowest BCUT2D eigenvalue weighted by molar-refractivity contribution is -0.134. The molecule has 8 nitrogen and oxygen atoms in total.